The Balaban J connectivity index is 1.46. The van der Waals surface area contributed by atoms with Crippen molar-refractivity contribution in [2.24, 2.45) is 5.73 Å². The number of benzene rings is 3. The van der Waals surface area contributed by atoms with Gasteiger partial charge in [-0.2, -0.15) is 0 Å². The van der Waals surface area contributed by atoms with Crippen LogP contribution < -0.4 is 5.73 Å². The Labute approximate surface area is 210 Å². The molecule has 0 bridgehead atoms. The lowest BCUT2D eigenvalue weighted by atomic mass is 9.80. The molecule has 1 aliphatic carbocycles. The predicted octanol–water partition coefficient (Wildman–Crippen LogP) is 4.53. The van der Waals surface area contributed by atoms with Crippen LogP contribution in [0.2, 0.25) is 0 Å². The van der Waals surface area contributed by atoms with Crippen molar-refractivity contribution in [3.8, 4) is 0 Å². The molecule has 2 aliphatic rings. The molecule has 0 radical (unpaired) electrons. The zero-order valence-corrected chi connectivity index (χ0v) is 20.1. The highest BCUT2D eigenvalue weighted by Crippen LogP contribution is 2.36. The number of nitrogens with zero attached hydrogens (tertiary/aromatic N) is 1. The van der Waals surface area contributed by atoms with Gasteiger partial charge in [-0.25, -0.2) is 4.79 Å². The number of fused-ring (bicyclic) bond motifs is 1. The maximum atomic E-state index is 13.8. The molecule has 3 unspecified atom stereocenters. The third-order valence-electron chi connectivity index (χ3n) is 7.54. The minimum Gasteiger partial charge on any atom is -0.478 e. The molecule has 1 saturated heterocycles. The maximum Gasteiger partial charge on any atom is 0.335 e. The first-order valence-corrected chi connectivity index (χ1v) is 12.5. The summed E-state index contributed by atoms with van der Waals surface area (Å²) >= 11 is 0. The van der Waals surface area contributed by atoms with Gasteiger partial charge in [-0.05, 0) is 72.2 Å². The van der Waals surface area contributed by atoms with Crippen molar-refractivity contribution < 1.29 is 19.5 Å². The molecule has 36 heavy (non-hydrogen) atoms. The van der Waals surface area contributed by atoms with E-state index in [1.807, 2.05) is 48.5 Å². The molecular weight excluding hydrogens is 452 g/mol. The first-order valence-electron chi connectivity index (χ1n) is 12.5. The SMILES string of the molecule is NC1CCc2cc(C(=O)N3CCCC(c4ccccc4)C3C(=O)Cc3ccc(C(=O)O)cc3)ccc21. The second-order valence-corrected chi connectivity index (χ2v) is 9.81. The Hall–Kier alpha value is -3.77. The molecule has 1 aliphatic heterocycles. The number of hydrogen-bond donors (Lipinski definition) is 2. The number of carbonyl (C=O) groups is 3. The third-order valence-corrected chi connectivity index (χ3v) is 7.54. The lowest BCUT2D eigenvalue weighted by Crippen LogP contribution is -2.52. The van der Waals surface area contributed by atoms with Gasteiger partial charge in [-0.1, -0.05) is 48.5 Å². The molecule has 0 aromatic heterocycles. The fraction of sp³-hybridized carbons (Fsp3) is 0.300. The van der Waals surface area contributed by atoms with Crippen LogP contribution in [-0.4, -0.2) is 40.3 Å². The van der Waals surface area contributed by atoms with E-state index in [2.05, 4.69) is 0 Å². The minimum absolute atomic E-state index is 0.0171. The van der Waals surface area contributed by atoms with Crippen LogP contribution >= 0.6 is 0 Å². The van der Waals surface area contributed by atoms with Crippen LogP contribution in [-0.2, 0) is 17.6 Å². The lowest BCUT2D eigenvalue weighted by molar-refractivity contribution is -0.124. The first-order chi connectivity index (χ1) is 17.4. The van der Waals surface area contributed by atoms with E-state index in [1.54, 1.807) is 17.0 Å². The van der Waals surface area contributed by atoms with E-state index in [0.717, 1.165) is 47.9 Å². The van der Waals surface area contributed by atoms with Crippen LogP contribution in [0.15, 0.2) is 72.8 Å². The molecule has 3 aromatic rings. The number of likely N-dealkylation sites (tertiary alicyclic amines) is 1. The standard InChI is InChI=1S/C30H30N2O4/c31-26-15-13-22-18-23(12-14-24(22)26)29(34)32-16-4-7-25(20-5-2-1-3-6-20)28(32)27(33)17-19-8-10-21(11-9-19)30(35)36/h1-3,5-6,8-12,14,18,25-26,28H,4,7,13,15-17,31H2,(H,35,36). The van der Waals surface area contributed by atoms with Gasteiger partial charge in [0.1, 0.15) is 0 Å². The molecule has 3 N–H and O–H groups in total. The summed E-state index contributed by atoms with van der Waals surface area (Å²) in [4.78, 5) is 40.6. The predicted molar refractivity (Wildman–Crippen MR) is 137 cm³/mol. The number of carboxylic acids is 1. The normalized spacial score (nSPS) is 21.1. The van der Waals surface area contributed by atoms with Gasteiger partial charge in [0.15, 0.2) is 5.78 Å². The second kappa shape index (κ2) is 10.1. The van der Waals surface area contributed by atoms with Gasteiger partial charge in [-0.3, -0.25) is 9.59 Å². The van der Waals surface area contributed by atoms with Crippen LogP contribution in [0.5, 0.6) is 0 Å². The van der Waals surface area contributed by atoms with Gasteiger partial charge >= 0.3 is 5.97 Å². The molecule has 6 heteroatoms. The van der Waals surface area contributed by atoms with Crippen LogP contribution in [0, 0.1) is 0 Å². The van der Waals surface area contributed by atoms with Crippen molar-refractivity contribution in [2.75, 3.05) is 6.54 Å². The van der Waals surface area contributed by atoms with Crippen molar-refractivity contribution in [3.05, 3.63) is 106 Å². The third kappa shape index (κ3) is 4.69. The van der Waals surface area contributed by atoms with Gasteiger partial charge in [-0.15, -0.1) is 0 Å². The van der Waals surface area contributed by atoms with Gasteiger partial charge in [0.25, 0.3) is 5.91 Å². The molecule has 6 nitrogen and oxygen atoms in total. The van der Waals surface area contributed by atoms with Gasteiger partial charge in [0, 0.05) is 30.5 Å². The molecule has 1 amide bonds. The Bertz CT molecular complexity index is 1290. The monoisotopic (exact) mass is 482 g/mol. The van der Waals surface area contributed by atoms with Crippen LogP contribution in [0.25, 0.3) is 0 Å². The summed E-state index contributed by atoms with van der Waals surface area (Å²) in [7, 11) is 0. The number of rotatable bonds is 6. The number of piperidine rings is 1. The molecule has 1 fully saturated rings. The Morgan fingerprint density at radius 1 is 0.917 bits per heavy atom. The Morgan fingerprint density at radius 2 is 1.64 bits per heavy atom. The van der Waals surface area contributed by atoms with Crippen molar-refractivity contribution in [1.82, 2.24) is 4.90 Å². The van der Waals surface area contributed by atoms with Gasteiger partial charge < -0.3 is 15.7 Å². The largest absolute Gasteiger partial charge is 0.478 e. The number of Topliss-reactive ketones (excluding diaryl/α,β-unsaturated/α-hetero) is 1. The topological polar surface area (TPSA) is 101 Å². The molecule has 1 heterocycles. The van der Waals surface area contributed by atoms with Crippen LogP contribution in [0.4, 0.5) is 0 Å². The summed E-state index contributed by atoms with van der Waals surface area (Å²) < 4.78 is 0. The maximum absolute atomic E-state index is 13.8. The number of nitrogens with two attached hydrogens (primary N) is 1. The highest BCUT2D eigenvalue weighted by atomic mass is 16.4. The van der Waals surface area contributed by atoms with E-state index >= 15 is 0 Å². The highest BCUT2D eigenvalue weighted by Gasteiger charge is 2.40. The average Bonchev–Trinajstić information content (AvgIpc) is 3.28. The molecule has 3 atom stereocenters. The van der Waals surface area contributed by atoms with Crippen molar-refractivity contribution in [3.63, 3.8) is 0 Å². The highest BCUT2D eigenvalue weighted by molar-refractivity contribution is 5.99. The number of carbonyl (C=O) groups excluding carboxylic acids is 2. The molecule has 3 aromatic carbocycles. The summed E-state index contributed by atoms with van der Waals surface area (Å²) in [5, 5.41) is 9.18. The summed E-state index contributed by atoms with van der Waals surface area (Å²) in [5.41, 5.74) is 11.0. The fourth-order valence-corrected chi connectivity index (χ4v) is 5.69. The minimum atomic E-state index is -1.00. The molecule has 0 spiro atoms. The Morgan fingerprint density at radius 3 is 2.36 bits per heavy atom. The molecule has 184 valence electrons. The second-order valence-electron chi connectivity index (χ2n) is 9.81. The van der Waals surface area contributed by atoms with E-state index < -0.39 is 12.0 Å². The van der Waals surface area contributed by atoms with Crippen molar-refractivity contribution in [2.45, 2.75) is 50.1 Å². The van der Waals surface area contributed by atoms with E-state index in [1.165, 1.54) is 12.1 Å². The van der Waals surface area contributed by atoms with Crippen LogP contribution in [0.1, 0.15) is 74.2 Å². The van der Waals surface area contributed by atoms with Crippen molar-refractivity contribution in [1.29, 1.82) is 0 Å². The summed E-state index contributed by atoms with van der Waals surface area (Å²) in [5.74, 6) is -1.27. The number of ketones is 1. The number of amides is 1. The number of carboxylic acid groups (broad SMARTS) is 1. The molecule has 0 saturated carbocycles. The van der Waals surface area contributed by atoms with E-state index in [9.17, 15) is 19.5 Å². The summed E-state index contributed by atoms with van der Waals surface area (Å²) in [6, 6.07) is 21.5. The number of hydrogen-bond acceptors (Lipinski definition) is 4. The van der Waals surface area contributed by atoms with Crippen molar-refractivity contribution >= 4 is 17.7 Å². The van der Waals surface area contributed by atoms with E-state index in [0.29, 0.717) is 12.1 Å². The van der Waals surface area contributed by atoms with E-state index in [-0.39, 0.29) is 35.6 Å². The van der Waals surface area contributed by atoms with Crippen LogP contribution in [0.3, 0.4) is 0 Å². The van der Waals surface area contributed by atoms with E-state index in [4.69, 9.17) is 5.73 Å². The zero-order valence-electron chi connectivity index (χ0n) is 20.1. The average molecular weight is 483 g/mol. The molecular formula is C30H30N2O4. The Kier molecular flexibility index (Phi) is 6.70. The molecule has 5 rings (SSSR count). The fourth-order valence-electron chi connectivity index (χ4n) is 5.69. The zero-order chi connectivity index (χ0) is 25.2. The summed E-state index contributed by atoms with van der Waals surface area (Å²) in [6.45, 7) is 0.521. The number of aromatic carboxylic acids is 1. The first kappa shape index (κ1) is 23.9. The number of aryl methyl sites for hydroxylation is 1. The summed E-state index contributed by atoms with van der Waals surface area (Å²) in [6.07, 6.45) is 3.52. The quantitative estimate of drug-likeness (QED) is 0.538. The van der Waals surface area contributed by atoms with Gasteiger partial charge in [0.05, 0.1) is 11.6 Å². The smallest absolute Gasteiger partial charge is 0.335 e. The lowest BCUT2D eigenvalue weighted by Gasteiger charge is -2.41. The van der Waals surface area contributed by atoms with Gasteiger partial charge in [0.2, 0.25) is 0 Å².